The van der Waals surface area contributed by atoms with Gasteiger partial charge in [0.05, 0.1) is 14.2 Å². The Balaban J connectivity index is 2.68. The molecule has 0 aliphatic heterocycles. The predicted octanol–water partition coefficient (Wildman–Crippen LogP) is 4.31. The molecular weight excluding hydrogens is 392 g/mol. The van der Waals surface area contributed by atoms with E-state index in [0.717, 1.165) is 4.47 Å². The molecular formula is C14H12Br2O4. The van der Waals surface area contributed by atoms with Gasteiger partial charge in [0, 0.05) is 20.1 Å². The summed E-state index contributed by atoms with van der Waals surface area (Å²) in [5.74, 6) is 0.684. The lowest BCUT2D eigenvalue weighted by molar-refractivity contribution is 0.372. The highest BCUT2D eigenvalue weighted by Gasteiger charge is 2.16. The minimum atomic E-state index is -0.0101. The van der Waals surface area contributed by atoms with Crippen LogP contribution in [0, 0.1) is 0 Å². The van der Waals surface area contributed by atoms with E-state index in [2.05, 4.69) is 31.9 Å². The van der Waals surface area contributed by atoms with Gasteiger partial charge in [0.15, 0.2) is 23.0 Å². The van der Waals surface area contributed by atoms with Gasteiger partial charge in [0.2, 0.25) is 0 Å². The fourth-order valence-electron chi connectivity index (χ4n) is 1.85. The Morgan fingerprint density at radius 1 is 0.850 bits per heavy atom. The number of hydrogen-bond acceptors (Lipinski definition) is 4. The molecule has 0 spiro atoms. The third kappa shape index (κ3) is 2.71. The lowest BCUT2D eigenvalue weighted by Gasteiger charge is -2.13. The molecule has 0 bridgehead atoms. The van der Waals surface area contributed by atoms with Gasteiger partial charge in [-0.05, 0) is 24.3 Å². The number of aromatic hydroxyl groups is 2. The van der Waals surface area contributed by atoms with E-state index in [9.17, 15) is 10.2 Å². The average Bonchev–Trinajstić information content (AvgIpc) is 2.43. The van der Waals surface area contributed by atoms with Crippen LogP contribution in [0.25, 0.3) is 11.1 Å². The highest BCUT2D eigenvalue weighted by atomic mass is 79.9. The van der Waals surface area contributed by atoms with Gasteiger partial charge in [0.1, 0.15) is 0 Å². The monoisotopic (exact) mass is 402 g/mol. The van der Waals surface area contributed by atoms with Crippen molar-refractivity contribution in [1.82, 2.24) is 0 Å². The van der Waals surface area contributed by atoms with Gasteiger partial charge in [-0.1, -0.05) is 31.9 Å². The molecule has 0 heterocycles. The quantitative estimate of drug-likeness (QED) is 0.801. The highest BCUT2D eigenvalue weighted by Crippen LogP contribution is 2.45. The van der Waals surface area contributed by atoms with Crippen molar-refractivity contribution in [2.24, 2.45) is 0 Å². The maximum Gasteiger partial charge on any atom is 0.165 e. The largest absolute Gasteiger partial charge is 0.504 e. The van der Waals surface area contributed by atoms with E-state index in [1.54, 1.807) is 18.2 Å². The first kappa shape index (κ1) is 15.0. The van der Waals surface area contributed by atoms with Crippen molar-refractivity contribution in [3.05, 3.63) is 33.2 Å². The standard InChI is InChI=1S/C14H12Br2O4/c1-19-12-6-10(16)8(5-11(12)17)9-3-7(15)4-13(20-2)14(9)18/h3-6,17-18H,1-2H3. The maximum absolute atomic E-state index is 10.2. The molecule has 6 heteroatoms. The molecule has 2 aromatic carbocycles. The molecule has 0 saturated carbocycles. The van der Waals surface area contributed by atoms with E-state index in [-0.39, 0.29) is 11.5 Å². The third-order valence-corrected chi connectivity index (χ3v) is 3.93. The molecule has 106 valence electrons. The van der Waals surface area contributed by atoms with Crippen molar-refractivity contribution in [1.29, 1.82) is 0 Å². The summed E-state index contributed by atoms with van der Waals surface area (Å²) >= 11 is 6.77. The Hall–Kier alpha value is -1.40. The minimum absolute atomic E-state index is 0.000895. The molecule has 0 unspecified atom stereocenters. The second-order valence-electron chi connectivity index (χ2n) is 4.01. The van der Waals surface area contributed by atoms with Crippen LogP contribution in [0.5, 0.6) is 23.0 Å². The number of halogens is 2. The second kappa shape index (κ2) is 5.93. The Morgan fingerprint density at radius 2 is 1.50 bits per heavy atom. The van der Waals surface area contributed by atoms with Gasteiger partial charge in [-0.15, -0.1) is 0 Å². The molecule has 0 aromatic heterocycles. The molecule has 0 saturated heterocycles. The Labute approximate surface area is 133 Å². The van der Waals surface area contributed by atoms with Crippen LogP contribution in [0.4, 0.5) is 0 Å². The zero-order valence-electron chi connectivity index (χ0n) is 10.8. The second-order valence-corrected chi connectivity index (χ2v) is 5.78. The van der Waals surface area contributed by atoms with Crippen LogP contribution in [0.15, 0.2) is 33.2 Å². The van der Waals surface area contributed by atoms with Gasteiger partial charge < -0.3 is 19.7 Å². The van der Waals surface area contributed by atoms with E-state index in [0.29, 0.717) is 27.1 Å². The summed E-state index contributed by atoms with van der Waals surface area (Å²) < 4.78 is 11.6. The smallest absolute Gasteiger partial charge is 0.165 e. The van der Waals surface area contributed by atoms with Gasteiger partial charge in [-0.25, -0.2) is 0 Å². The number of benzene rings is 2. The third-order valence-electron chi connectivity index (χ3n) is 2.82. The van der Waals surface area contributed by atoms with Crippen LogP contribution < -0.4 is 9.47 Å². The van der Waals surface area contributed by atoms with Gasteiger partial charge in [-0.3, -0.25) is 0 Å². The molecule has 2 N–H and O–H groups in total. The predicted molar refractivity (Wildman–Crippen MR) is 83.7 cm³/mol. The molecule has 0 aliphatic rings. The molecule has 0 atom stereocenters. The van der Waals surface area contributed by atoms with Crippen LogP contribution >= 0.6 is 31.9 Å². The molecule has 2 aromatic rings. The van der Waals surface area contributed by atoms with Crippen molar-refractivity contribution >= 4 is 31.9 Å². The SMILES string of the molecule is COc1cc(Br)c(-c2cc(Br)cc(OC)c2O)cc1O. The van der Waals surface area contributed by atoms with Crippen LogP contribution in [-0.2, 0) is 0 Å². The minimum Gasteiger partial charge on any atom is -0.504 e. The van der Waals surface area contributed by atoms with Crippen molar-refractivity contribution in [2.45, 2.75) is 0 Å². The normalized spacial score (nSPS) is 10.4. The number of rotatable bonds is 3. The summed E-state index contributed by atoms with van der Waals surface area (Å²) in [5, 5.41) is 20.1. The Bertz CT molecular complexity index is 656. The van der Waals surface area contributed by atoms with Crippen molar-refractivity contribution in [3.8, 4) is 34.1 Å². The average molecular weight is 404 g/mol. The summed E-state index contributed by atoms with van der Waals surface area (Å²) in [6.45, 7) is 0. The lowest BCUT2D eigenvalue weighted by atomic mass is 10.0. The molecule has 0 aliphatic carbocycles. The fraction of sp³-hybridized carbons (Fsp3) is 0.143. The van der Waals surface area contributed by atoms with E-state index in [4.69, 9.17) is 9.47 Å². The molecule has 20 heavy (non-hydrogen) atoms. The summed E-state index contributed by atoms with van der Waals surface area (Å²) in [5.41, 5.74) is 1.15. The molecule has 4 nitrogen and oxygen atoms in total. The molecule has 0 fully saturated rings. The number of methoxy groups -OCH3 is 2. The van der Waals surface area contributed by atoms with E-state index < -0.39 is 0 Å². The van der Waals surface area contributed by atoms with Crippen molar-refractivity contribution in [2.75, 3.05) is 14.2 Å². The topological polar surface area (TPSA) is 58.9 Å². The Kier molecular flexibility index (Phi) is 4.45. The van der Waals surface area contributed by atoms with Gasteiger partial charge in [0.25, 0.3) is 0 Å². The first-order valence-corrected chi connectivity index (χ1v) is 7.20. The summed E-state index contributed by atoms with van der Waals surface area (Å²) in [6, 6.07) is 6.56. The number of phenolic OH excluding ortho intramolecular Hbond substituents is 2. The number of phenols is 2. The zero-order chi connectivity index (χ0) is 14.9. The van der Waals surface area contributed by atoms with Gasteiger partial charge >= 0.3 is 0 Å². The summed E-state index contributed by atoms with van der Waals surface area (Å²) in [6.07, 6.45) is 0. The maximum atomic E-state index is 10.2. The van der Waals surface area contributed by atoms with Crippen LogP contribution in [0.3, 0.4) is 0 Å². The van der Waals surface area contributed by atoms with Gasteiger partial charge in [-0.2, -0.15) is 0 Å². The summed E-state index contributed by atoms with van der Waals surface area (Å²) in [7, 11) is 2.95. The van der Waals surface area contributed by atoms with Crippen LogP contribution in [-0.4, -0.2) is 24.4 Å². The lowest BCUT2D eigenvalue weighted by Crippen LogP contribution is -1.90. The Morgan fingerprint density at radius 3 is 2.10 bits per heavy atom. The first-order valence-electron chi connectivity index (χ1n) is 5.61. The first-order chi connectivity index (χ1) is 9.47. The van der Waals surface area contributed by atoms with Crippen molar-refractivity contribution in [3.63, 3.8) is 0 Å². The molecule has 0 amide bonds. The highest BCUT2D eigenvalue weighted by molar-refractivity contribution is 9.10. The molecule has 2 rings (SSSR count). The van der Waals surface area contributed by atoms with E-state index in [1.807, 2.05) is 0 Å². The van der Waals surface area contributed by atoms with Crippen molar-refractivity contribution < 1.29 is 19.7 Å². The van der Waals surface area contributed by atoms with E-state index in [1.165, 1.54) is 20.3 Å². The van der Waals surface area contributed by atoms with Crippen LogP contribution in [0.1, 0.15) is 0 Å². The number of hydrogen-bond donors (Lipinski definition) is 2. The fourth-order valence-corrected chi connectivity index (χ4v) is 2.82. The number of ether oxygens (including phenoxy) is 2. The van der Waals surface area contributed by atoms with Crippen LogP contribution in [0.2, 0.25) is 0 Å². The molecule has 0 radical (unpaired) electrons. The summed E-state index contributed by atoms with van der Waals surface area (Å²) in [4.78, 5) is 0. The zero-order valence-corrected chi connectivity index (χ0v) is 13.9. The van der Waals surface area contributed by atoms with E-state index >= 15 is 0 Å².